The summed E-state index contributed by atoms with van der Waals surface area (Å²) in [4.78, 5) is 0. The number of rotatable bonds is 6. The lowest BCUT2D eigenvalue weighted by Gasteiger charge is -2.10. The molecule has 128 valence electrons. The molecule has 0 aliphatic heterocycles. The van der Waals surface area contributed by atoms with E-state index in [-0.39, 0.29) is 0 Å². The quantitative estimate of drug-likeness (QED) is 0.563. The Kier molecular flexibility index (Phi) is 5.79. The van der Waals surface area contributed by atoms with E-state index in [0.29, 0.717) is 5.75 Å². The second-order valence-corrected chi connectivity index (χ2v) is 6.61. The summed E-state index contributed by atoms with van der Waals surface area (Å²) in [5.74, 6) is 2.19. The molecule has 3 aromatic rings. The lowest BCUT2D eigenvalue weighted by atomic mass is 10.1. The smallest absolute Gasteiger partial charge is 0.132 e. The lowest BCUT2D eigenvalue weighted by Crippen LogP contribution is -1.94. The van der Waals surface area contributed by atoms with Crippen LogP contribution in [-0.2, 0) is 5.75 Å². The van der Waals surface area contributed by atoms with E-state index in [1.54, 1.807) is 26.0 Å². The van der Waals surface area contributed by atoms with Gasteiger partial charge in [-0.1, -0.05) is 41.6 Å². The molecule has 0 fully saturated rings. The first-order valence-electron chi connectivity index (χ1n) is 7.63. The van der Waals surface area contributed by atoms with E-state index in [0.717, 1.165) is 38.4 Å². The summed E-state index contributed by atoms with van der Waals surface area (Å²) < 4.78 is 10.6. The Labute approximate surface area is 156 Å². The molecule has 0 N–H and O–H groups in total. The van der Waals surface area contributed by atoms with Crippen LogP contribution in [0.3, 0.4) is 0 Å². The average molecular weight is 373 g/mol. The zero-order chi connectivity index (χ0) is 17.6. The number of aromatic nitrogens is 2. The van der Waals surface area contributed by atoms with E-state index in [4.69, 9.17) is 21.1 Å². The van der Waals surface area contributed by atoms with Crippen molar-refractivity contribution in [2.75, 3.05) is 14.2 Å². The molecule has 25 heavy (non-hydrogen) atoms. The number of thioether (sulfide) groups is 1. The fourth-order valence-corrected chi connectivity index (χ4v) is 3.42. The Morgan fingerprint density at radius 3 is 2.48 bits per heavy atom. The van der Waals surface area contributed by atoms with Gasteiger partial charge in [-0.3, -0.25) is 0 Å². The monoisotopic (exact) mass is 372 g/mol. The van der Waals surface area contributed by atoms with Gasteiger partial charge >= 0.3 is 0 Å². The molecule has 0 unspecified atom stereocenters. The van der Waals surface area contributed by atoms with E-state index in [1.807, 2.05) is 54.6 Å². The van der Waals surface area contributed by atoms with Crippen molar-refractivity contribution >= 4 is 23.4 Å². The minimum absolute atomic E-state index is 0.699. The fourth-order valence-electron chi connectivity index (χ4n) is 2.32. The highest BCUT2D eigenvalue weighted by Crippen LogP contribution is 2.32. The van der Waals surface area contributed by atoms with Crippen LogP contribution in [-0.4, -0.2) is 24.4 Å². The molecule has 2 aromatic carbocycles. The van der Waals surface area contributed by atoms with Crippen LogP contribution >= 0.6 is 23.4 Å². The van der Waals surface area contributed by atoms with Gasteiger partial charge in [0, 0.05) is 22.4 Å². The van der Waals surface area contributed by atoms with Crippen molar-refractivity contribution < 1.29 is 9.47 Å². The summed E-state index contributed by atoms with van der Waals surface area (Å²) in [6.45, 7) is 0. The van der Waals surface area contributed by atoms with E-state index >= 15 is 0 Å². The summed E-state index contributed by atoms with van der Waals surface area (Å²) in [5.41, 5.74) is 2.71. The predicted octanol–water partition coefficient (Wildman–Crippen LogP) is 5.11. The second kappa shape index (κ2) is 8.23. The van der Waals surface area contributed by atoms with Crippen molar-refractivity contribution in [3.05, 3.63) is 65.2 Å². The van der Waals surface area contributed by atoms with Gasteiger partial charge in [-0.15, -0.1) is 10.2 Å². The number of halogens is 1. The van der Waals surface area contributed by atoms with E-state index < -0.39 is 0 Å². The third-order valence-electron chi connectivity index (χ3n) is 3.66. The highest BCUT2D eigenvalue weighted by molar-refractivity contribution is 7.98. The van der Waals surface area contributed by atoms with Gasteiger partial charge in [0.25, 0.3) is 0 Å². The van der Waals surface area contributed by atoms with Crippen molar-refractivity contribution in [2.45, 2.75) is 10.8 Å². The number of methoxy groups -OCH3 is 2. The summed E-state index contributed by atoms with van der Waals surface area (Å²) in [7, 11) is 3.25. The summed E-state index contributed by atoms with van der Waals surface area (Å²) >= 11 is 7.78. The molecule has 3 rings (SSSR count). The maximum absolute atomic E-state index is 6.18. The highest BCUT2D eigenvalue weighted by Gasteiger charge is 2.10. The number of nitrogens with zero attached hydrogens (tertiary/aromatic N) is 2. The van der Waals surface area contributed by atoms with E-state index in [1.165, 1.54) is 0 Å². The van der Waals surface area contributed by atoms with Crippen LogP contribution < -0.4 is 9.47 Å². The Morgan fingerprint density at radius 1 is 0.960 bits per heavy atom. The summed E-state index contributed by atoms with van der Waals surface area (Å²) in [6.07, 6.45) is 0. The maximum Gasteiger partial charge on any atom is 0.132 e. The number of hydrogen-bond acceptors (Lipinski definition) is 5. The van der Waals surface area contributed by atoms with Gasteiger partial charge in [0.15, 0.2) is 0 Å². The second-order valence-electron chi connectivity index (χ2n) is 5.20. The molecule has 0 aliphatic rings. The van der Waals surface area contributed by atoms with Crippen molar-refractivity contribution in [1.29, 1.82) is 0 Å². The molecule has 0 aliphatic carbocycles. The number of hydrogen-bond donors (Lipinski definition) is 0. The van der Waals surface area contributed by atoms with Crippen LogP contribution in [0.4, 0.5) is 0 Å². The molecule has 1 aromatic heterocycles. The van der Waals surface area contributed by atoms with Gasteiger partial charge in [0.05, 0.1) is 19.9 Å². The molecular formula is C19H17ClN2O2S. The van der Waals surface area contributed by atoms with Gasteiger partial charge in [0.2, 0.25) is 0 Å². The highest BCUT2D eigenvalue weighted by atomic mass is 35.5. The zero-order valence-electron chi connectivity index (χ0n) is 13.9. The molecule has 4 nitrogen and oxygen atoms in total. The molecule has 0 saturated carbocycles. The molecule has 6 heteroatoms. The SMILES string of the molecule is COc1ccc(-c2ccc(SCc3ccccc3Cl)nn2)c(OC)c1. The van der Waals surface area contributed by atoms with Crippen LogP contribution in [0.2, 0.25) is 5.02 Å². The van der Waals surface area contributed by atoms with Crippen LogP contribution in [0.1, 0.15) is 5.56 Å². The molecule has 0 saturated heterocycles. The average Bonchev–Trinajstić information content (AvgIpc) is 2.67. The maximum atomic E-state index is 6.18. The lowest BCUT2D eigenvalue weighted by molar-refractivity contribution is 0.395. The van der Waals surface area contributed by atoms with Gasteiger partial charge < -0.3 is 9.47 Å². The third-order valence-corrected chi connectivity index (χ3v) is 5.00. The standard InChI is InChI=1S/C19H17ClN2O2S/c1-23-14-7-8-15(18(11-14)24-2)17-9-10-19(22-21-17)25-12-13-5-3-4-6-16(13)20/h3-11H,12H2,1-2H3. The fraction of sp³-hybridized carbons (Fsp3) is 0.158. The Balaban J connectivity index is 1.75. The summed E-state index contributed by atoms with van der Waals surface area (Å²) in [5, 5.41) is 10.2. The Hall–Kier alpha value is -2.24. The van der Waals surface area contributed by atoms with E-state index in [9.17, 15) is 0 Å². The molecular weight excluding hydrogens is 356 g/mol. The minimum atomic E-state index is 0.699. The molecule has 0 amide bonds. The van der Waals surface area contributed by atoms with Crippen LogP contribution in [0.25, 0.3) is 11.3 Å². The predicted molar refractivity (Wildman–Crippen MR) is 102 cm³/mol. The number of benzene rings is 2. The largest absolute Gasteiger partial charge is 0.497 e. The van der Waals surface area contributed by atoms with Crippen molar-refractivity contribution in [3.63, 3.8) is 0 Å². The Morgan fingerprint density at radius 2 is 1.80 bits per heavy atom. The molecule has 0 bridgehead atoms. The van der Waals surface area contributed by atoms with Crippen LogP contribution in [0.15, 0.2) is 59.6 Å². The van der Waals surface area contributed by atoms with Gasteiger partial charge in [-0.25, -0.2) is 0 Å². The first-order valence-corrected chi connectivity index (χ1v) is 9.00. The third kappa shape index (κ3) is 4.24. The minimum Gasteiger partial charge on any atom is -0.497 e. The van der Waals surface area contributed by atoms with Gasteiger partial charge in [-0.2, -0.15) is 0 Å². The zero-order valence-corrected chi connectivity index (χ0v) is 15.5. The topological polar surface area (TPSA) is 44.2 Å². The van der Waals surface area contributed by atoms with Crippen molar-refractivity contribution in [2.24, 2.45) is 0 Å². The van der Waals surface area contributed by atoms with Crippen molar-refractivity contribution in [1.82, 2.24) is 10.2 Å². The number of ether oxygens (including phenoxy) is 2. The van der Waals surface area contributed by atoms with E-state index in [2.05, 4.69) is 10.2 Å². The molecule has 0 radical (unpaired) electrons. The van der Waals surface area contributed by atoms with Crippen LogP contribution in [0.5, 0.6) is 11.5 Å². The first kappa shape index (κ1) is 17.6. The summed E-state index contributed by atoms with van der Waals surface area (Å²) in [6, 6.07) is 17.3. The molecule has 0 spiro atoms. The Bertz CT molecular complexity index is 856. The van der Waals surface area contributed by atoms with Crippen LogP contribution in [0, 0.1) is 0 Å². The normalized spacial score (nSPS) is 10.5. The van der Waals surface area contributed by atoms with Crippen molar-refractivity contribution in [3.8, 4) is 22.8 Å². The van der Waals surface area contributed by atoms with Gasteiger partial charge in [-0.05, 0) is 35.9 Å². The molecule has 0 atom stereocenters. The van der Waals surface area contributed by atoms with Gasteiger partial charge in [0.1, 0.15) is 16.5 Å². The molecule has 1 heterocycles. The first-order chi connectivity index (χ1) is 12.2.